The van der Waals surface area contributed by atoms with Crippen LogP contribution in [-0.2, 0) is 23.4 Å². The molecule has 45 heavy (non-hydrogen) atoms. The number of aliphatic hydroxyl groups is 1. The fraction of sp³-hybridized carbons (Fsp3) is 0.448. The lowest BCUT2D eigenvalue weighted by Gasteiger charge is -2.26. The Morgan fingerprint density at radius 2 is 1.93 bits per heavy atom. The van der Waals surface area contributed by atoms with Crippen molar-refractivity contribution < 1.29 is 37.4 Å². The largest absolute Gasteiger partial charge is 0.462 e. The number of nitrogen functional groups attached to an aromatic ring is 1. The van der Waals surface area contributed by atoms with Gasteiger partial charge in [0.15, 0.2) is 28.9 Å². The van der Waals surface area contributed by atoms with E-state index in [9.17, 15) is 14.5 Å². The summed E-state index contributed by atoms with van der Waals surface area (Å²) in [5, 5.41) is 15.1. The Labute approximate surface area is 259 Å². The second-order valence-corrected chi connectivity index (χ2v) is 13.1. The van der Waals surface area contributed by atoms with E-state index in [4.69, 9.17) is 24.3 Å². The summed E-state index contributed by atoms with van der Waals surface area (Å²) in [6, 6.07) is 11.3. The molecule has 4 aromatic rings. The molecule has 5 rings (SSSR count). The minimum Gasteiger partial charge on any atom is -0.462 e. The van der Waals surface area contributed by atoms with E-state index in [2.05, 4.69) is 20.0 Å². The summed E-state index contributed by atoms with van der Waals surface area (Å²) in [6.07, 6.45) is -3.57. The van der Waals surface area contributed by atoms with Gasteiger partial charge in [-0.25, -0.2) is 13.9 Å². The summed E-state index contributed by atoms with van der Waals surface area (Å²) in [7, 11) is -0.892. The molecular weight excluding hydrogens is 608 g/mol. The van der Waals surface area contributed by atoms with Crippen LogP contribution in [0.4, 0.5) is 16.2 Å². The van der Waals surface area contributed by atoms with Crippen LogP contribution in [0.5, 0.6) is 5.75 Å². The van der Waals surface area contributed by atoms with Crippen LogP contribution in [0.15, 0.2) is 48.8 Å². The second-order valence-electron chi connectivity index (χ2n) is 11.4. The van der Waals surface area contributed by atoms with Crippen molar-refractivity contribution in [1.29, 1.82) is 0 Å². The molecule has 0 bridgehead atoms. The second kappa shape index (κ2) is 12.5. The van der Waals surface area contributed by atoms with Crippen molar-refractivity contribution in [3.8, 4) is 5.75 Å². The smallest absolute Gasteiger partial charge is 0.459 e. The number of hydrogen-bond acceptors (Lipinski definition) is 12. The Kier molecular flexibility index (Phi) is 9.02. The van der Waals surface area contributed by atoms with Gasteiger partial charge in [0.25, 0.3) is 0 Å². The fourth-order valence-corrected chi connectivity index (χ4v) is 6.56. The van der Waals surface area contributed by atoms with Gasteiger partial charge in [0.2, 0.25) is 5.95 Å². The standard InChI is InChI=1S/C29H37FN7O7P/c1-16(2)42-26(39)17(3)35-45(40,44-20-13-9-11-18-10-7-8-12-19(18)20)41-14-21-23(38)29(4,30)27(43-21)37-15-32-22-24(36(5)6)33-28(31)34-25(22)37/h7-13,15-17,21,23,27,38H,14H2,1-6H3,(H,35,40)(H2,31,33,34)/t17-,21-,23-,27-,29-,45+/m1/s1. The molecule has 2 aromatic carbocycles. The molecule has 3 heterocycles. The number of alkyl halides is 1. The van der Waals surface area contributed by atoms with Crippen molar-refractivity contribution in [3.63, 3.8) is 0 Å². The summed E-state index contributed by atoms with van der Waals surface area (Å²) in [6.45, 7) is 5.40. The van der Waals surface area contributed by atoms with Crippen LogP contribution in [0.25, 0.3) is 21.9 Å². The van der Waals surface area contributed by atoms with Gasteiger partial charge in [-0.05, 0) is 39.1 Å². The summed E-state index contributed by atoms with van der Waals surface area (Å²) in [5.74, 6) is -0.116. The molecule has 0 radical (unpaired) electrons. The monoisotopic (exact) mass is 645 g/mol. The number of nitrogens with zero attached hydrogens (tertiary/aromatic N) is 5. The van der Waals surface area contributed by atoms with Crippen molar-refractivity contribution in [2.75, 3.05) is 31.3 Å². The number of rotatable bonds is 11. The Bertz CT molecular complexity index is 1750. The number of esters is 1. The first-order chi connectivity index (χ1) is 21.2. The van der Waals surface area contributed by atoms with Gasteiger partial charge in [-0.2, -0.15) is 15.1 Å². The number of aliphatic hydroxyl groups excluding tert-OH is 1. The number of nitrogens with two attached hydrogens (primary N) is 1. The Balaban J connectivity index is 1.42. The number of carbonyl (C=O) groups excluding carboxylic acids is 1. The summed E-state index contributed by atoms with van der Waals surface area (Å²) < 4.78 is 54.7. The lowest BCUT2D eigenvalue weighted by atomic mass is 9.98. The molecule has 0 aliphatic carbocycles. The van der Waals surface area contributed by atoms with E-state index < -0.39 is 56.6 Å². The fourth-order valence-electron chi connectivity index (χ4n) is 5.04. The number of benzene rings is 2. The normalized spacial score (nSPS) is 23.7. The highest BCUT2D eigenvalue weighted by atomic mass is 31.2. The van der Waals surface area contributed by atoms with Gasteiger partial charge in [0, 0.05) is 19.5 Å². The van der Waals surface area contributed by atoms with E-state index in [1.807, 2.05) is 18.2 Å². The van der Waals surface area contributed by atoms with Crippen LogP contribution < -0.4 is 20.2 Å². The first kappa shape index (κ1) is 32.5. The molecule has 1 saturated heterocycles. The number of imidazole rings is 1. The van der Waals surface area contributed by atoms with Crippen molar-refractivity contribution in [2.24, 2.45) is 0 Å². The van der Waals surface area contributed by atoms with Gasteiger partial charge in [0.1, 0.15) is 24.0 Å². The van der Waals surface area contributed by atoms with E-state index in [0.717, 1.165) is 5.39 Å². The van der Waals surface area contributed by atoms with Gasteiger partial charge in [0.05, 0.1) is 19.0 Å². The molecule has 0 unspecified atom stereocenters. The number of ether oxygens (including phenoxy) is 2. The average Bonchev–Trinajstić information content (AvgIpc) is 3.48. The Morgan fingerprint density at radius 1 is 1.22 bits per heavy atom. The summed E-state index contributed by atoms with van der Waals surface area (Å²) in [5.41, 5.74) is 4.08. The predicted molar refractivity (Wildman–Crippen MR) is 165 cm³/mol. The number of hydrogen-bond donors (Lipinski definition) is 3. The maximum absolute atomic E-state index is 16.2. The van der Waals surface area contributed by atoms with E-state index >= 15 is 4.39 Å². The molecule has 6 atom stereocenters. The predicted octanol–water partition coefficient (Wildman–Crippen LogP) is 3.75. The van der Waals surface area contributed by atoms with Gasteiger partial charge in [-0.3, -0.25) is 13.9 Å². The van der Waals surface area contributed by atoms with Crippen LogP contribution in [0.2, 0.25) is 0 Å². The molecule has 0 amide bonds. The van der Waals surface area contributed by atoms with Crippen LogP contribution in [-0.4, -0.2) is 81.3 Å². The SMILES string of the molecule is CC(C)OC(=O)[C@@H](C)N[P@](=O)(OC[C@H]1O[C@@H](n2cnc3c(N(C)C)nc(N)nc32)[C@](C)(F)[C@@H]1O)Oc1cccc2ccccc12. The third kappa shape index (κ3) is 6.58. The van der Waals surface area contributed by atoms with E-state index in [-0.39, 0.29) is 17.3 Å². The number of fused-ring (bicyclic) bond motifs is 2. The molecular formula is C29H37FN7O7P. The number of carbonyl (C=O) groups is 1. The van der Waals surface area contributed by atoms with Crippen molar-refractivity contribution in [3.05, 3.63) is 48.8 Å². The quantitative estimate of drug-likeness (QED) is 0.159. The highest BCUT2D eigenvalue weighted by molar-refractivity contribution is 7.52. The number of nitrogens with one attached hydrogen (secondary N) is 1. The maximum atomic E-state index is 16.2. The molecule has 1 aliphatic rings. The molecule has 14 nitrogen and oxygen atoms in total. The maximum Gasteiger partial charge on any atom is 0.459 e. The lowest BCUT2D eigenvalue weighted by Crippen LogP contribution is -2.41. The van der Waals surface area contributed by atoms with Crippen molar-refractivity contribution in [2.45, 2.75) is 63.9 Å². The number of aromatic nitrogens is 4. The third-order valence-electron chi connectivity index (χ3n) is 7.25. The molecule has 1 aliphatic heterocycles. The minimum atomic E-state index is -4.39. The zero-order valence-corrected chi connectivity index (χ0v) is 26.6. The molecule has 242 valence electrons. The van der Waals surface area contributed by atoms with Gasteiger partial charge >= 0.3 is 13.7 Å². The average molecular weight is 646 g/mol. The zero-order chi connectivity index (χ0) is 32.7. The number of anilines is 2. The highest BCUT2D eigenvalue weighted by Crippen LogP contribution is 2.49. The first-order valence-electron chi connectivity index (χ1n) is 14.3. The van der Waals surface area contributed by atoms with E-state index in [1.165, 1.54) is 24.7 Å². The molecule has 2 aromatic heterocycles. The molecule has 0 spiro atoms. The highest BCUT2D eigenvalue weighted by Gasteiger charge is 2.56. The van der Waals surface area contributed by atoms with Gasteiger partial charge in [-0.1, -0.05) is 36.4 Å². The minimum absolute atomic E-state index is 0.0605. The van der Waals surface area contributed by atoms with E-state index in [0.29, 0.717) is 16.7 Å². The Morgan fingerprint density at radius 3 is 2.64 bits per heavy atom. The Hall–Kier alpha value is -3.88. The molecule has 1 fully saturated rings. The topological polar surface area (TPSA) is 176 Å². The van der Waals surface area contributed by atoms with Crippen LogP contribution in [0, 0.1) is 0 Å². The summed E-state index contributed by atoms with van der Waals surface area (Å²) >= 11 is 0. The van der Waals surface area contributed by atoms with Crippen LogP contribution >= 0.6 is 7.75 Å². The molecule has 16 heteroatoms. The van der Waals surface area contributed by atoms with Crippen molar-refractivity contribution >= 4 is 47.4 Å². The van der Waals surface area contributed by atoms with Crippen LogP contribution in [0.3, 0.4) is 0 Å². The van der Waals surface area contributed by atoms with Crippen LogP contribution in [0.1, 0.15) is 33.9 Å². The zero-order valence-electron chi connectivity index (χ0n) is 25.7. The first-order valence-corrected chi connectivity index (χ1v) is 15.8. The molecule has 4 N–H and O–H groups in total. The van der Waals surface area contributed by atoms with E-state index in [1.54, 1.807) is 57.1 Å². The number of halogens is 1. The van der Waals surface area contributed by atoms with Crippen molar-refractivity contribution in [1.82, 2.24) is 24.6 Å². The van der Waals surface area contributed by atoms with Gasteiger partial charge < -0.3 is 29.7 Å². The van der Waals surface area contributed by atoms with Gasteiger partial charge in [-0.15, -0.1) is 0 Å². The lowest BCUT2D eigenvalue weighted by molar-refractivity contribution is -0.149. The third-order valence-corrected chi connectivity index (χ3v) is 8.88. The summed E-state index contributed by atoms with van der Waals surface area (Å²) in [4.78, 5) is 27.0. The molecule has 0 saturated carbocycles.